The second-order valence-electron chi connectivity index (χ2n) is 5.00. The average molecular weight is 262 g/mol. The van der Waals surface area contributed by atoms with Gasteiger partial charge >= 0.3 is 0 Å². The molecule has 4 heteroatoms. The van der Waals surface area contributed by atoms with E-state index < -0.39 is 0 Å². The summed E-state index contributed by atoms with van der Waals surface area (Å²) in [6.07, 6.45) is 3.64. The van der Waals surface area contributed by atoms with E-state index in [0.717, 1.165) is 0 Å². The highest BCUT2D eigenvalue weighted by molar-refractivity contribution is 6.27. The van der Waals surface area contributed by atoms with Gasteiger partial charge in [-0.1, -0.05) is 20.3 Å². The Bertz CT molecular complexity index is 238. The molecule has 1 aliphatic carbocycles. The fraction of sp³-hybridized carbons (Fsp3) is 0.923. The molecule has 3 nitrogen and oxygen atoms in total. The summed E-state index contributed by atoms with van der Waals surface area (Å²) in [5.41, 5.74) is 0. The van der Waals surface area contributed by atoms with Crippen molar-refractivity contribution in [2.45, 2.75) is 46.1 Å². The lowest BCUT2D eigenvalue weighted by Crippen LogP contribution is -2.50. The number of halogens is 1. The predicted octanol–water partition coefficient (Wildman–Crippen LogP) is 2.87. The van der Waals surface area contributed by atoms with Crippen LogP contribution in [0.15, 0.2) is 0 Å². The summed E-state index contributed by atoms with van der Waals surface area (Å²) in [5.74, 6) is 1.10. The van der Waals surface area contributed by atoms with Crippen molar-refractivity contribution in [2.24, 2.45) is 11.8 Å². The molecule has 1 amide bonds. The summed E-state index contributed by atoms with van der Waals surface area (Å²) in [6, 6.07) is 0.279. The molecule has 0 aliphatic heterocycles. The van der Waals surface area contributed by atoms with Crippen LogP contribution >= 0.6 is 11.6 Å². The van der Waals surface area contributed by atoms with E-state index >= 15 is 0 Å². The number of alkyl halides is 1. The topological polar surface area (TPSA) is 29.5 Å². The maximum Gasteiger partial charge on any atom is 0.239 e. The van der Waals surface area contributed by atoms with E-state index in [1.807, 2.05) is 11.8 Å². The predicted molar refractivity (Wildman–Crippen MR) is 70.0 cm³/mol. The third kappa shape index (κ3) is 3.85. The van der Waals surface area contributed by atoms with Crippen LogP contribution in [0.3, 0.4) is 0 Å². The minimum Gasteiger partial charge on any atom is -0.361 e. The van der Waals surface area contributed by atoms with Crippen LogP contribution in [0.2, 0.25) is 0 Å². The molecule has 2 atom stereocenters. The van der Waals surface area contributed by atoms with Gasteiger partial charge in [0.2, 0.25) is 5.91 Å². The van der Waals surface area contributed by atoms with Crippen molar-refractivity contribution >= 4 is 17.5 Å². The van der Waals surface area contributed by atoms with Crippen molar-refractivity contribution in [3.63, 3.8) is 0 Å². The number of carbonyl (C=O) groups excluding carboxylic acids is 1. The highest BCUT2D eigenvalue weighted by atomic mass is 35.5. The zero-order valence-corrected chi connectivity index (χ0v) is 11.9. The van der Waals surface area contributed by atoms with Gasteiger partial charge in [-0.05, 0) is 31.6 Å². The first-order chi connectivity index (χ1) is 8.11. The van der Waals surface area contributed by atoms with E-state index in [2.05, 4.69) is 13.8 Å². The Labute approximate surface area is 109 Å². The number of ether oxygens (including phenoxy) is 1. The quantitative estimate of drug-likeness (QED) is 0.563. The molecule has 0 unspecified atom stereocenters. The third-order valence-corrected chi connectivity index (χ3v) is 3.94. The Balaban J connectivity index is 2.74. The van der Waals surface area contributed by atoms with Crippen LogP contribution in [0.25, 0.3) is 0 Å². The van der Waals surface area contributed by atoms with E-state index in [0.29, 0.717) is 25.2 Å². The molecule has 0 N–H and O–H groups in total. The third-order valence-electron chi connectivity index (χ3n) is 3.71. The van der Waals surface area contributed by atoms with Gasteiger partial charge in [0.15, 0.2) is 0 Å². The highest BCUT2D eigenvalue weighted by Gasteiger charge is 2.34. The van der Waals surface area contributed by atoms with Crippen molar-refractivity contribution in [3.05, 3.63) is 0 Å². The molecule has 17 heavy (non-hydrogen) atoms. The summed E-state index contributed by atoms with van der Waals surface area (Å²) >= 11 is 5.69. The Hall–Kier alpha value is -0.280. The molecule has 0 saturated heterocycles. The van der Waals surface area contributed by atoms with Crippen LogP contribution < -0.4 is 0 Å². The van der Waals surface area contributed by atoms with Crippen molar-refractivity contribution in [2.75, 3.05) is 19.2 Å². The number of hydrogen-bond acceptors (Lipinski definition) is 2. The summed E-state index contributed by atoms with van der Waals surface area (Å²) in [6.45, 7) is 7.39. The van der Waals surface area contributed by atoms with Gasteiger partial charge in [-0.3, -0.25) is 4.79 Å². The molecular weight excluding hydrogens is 238 g/mol. The monoisotopic (exact) mass is 261 g/mol. The first-order valence-corrected chi connectivity index (χ1v) is 7.08. The second kappa shape index (κ2) is 7.22. The fourth-order valence-corrected chi connectivity index (χ4v) is 3.02. The molecule has 1 saturated carbocycles. The zero-order valence-electron chi connectivity index (χ0n) is 11.1. The Kier molecular flexibility index (Phi) is 6.28. The summed E-state index contributed by atoms with van der Waals surface area (Å²) in [4.78, 5) is 13.8. The van der Waals surface area contributed by atoms with Gasteiger partial charge in [-0.15, -0.1) is 11.6 Å². The number of rotatable bonds is 5. The van der Waals surface area contributed by atoms with E-state index in [9.17, 15) is 4.79 Å². The lowest BCUT2D eigenvalue weighted by molar-refractivity contribution is -0.142. The molecule has 1 rings (SSSR count). The Morgan fingerprint density at radius 3 is 2.41 bits per heavy atom. The van der Waals surface area contributed by atoms with E-state index in [1.54, 1.807) is 0 Å². The smallest absolute Gasteiger partial charge is 0.239 e. The molecule has 1 fully saturated rings. The minimum atomic E-state index is -0.00860. The van der Waals surface area contributed by atoms with Gasteiger partial charge in [0.05, 0.1) is 0 Å². The zero-order chi connectivity index (χ0) is 12.8. The largest absolute Gasteiger partial charge is 0.361 e. The van der Waals surface area contributed by atoms with E-state index in [4.69, 9.17) is 16.3 Å². The first kappa shape index (κ1) is 14.8. The van der Waals surface area contributed by atoms with Crippen LogP contribution in [0, 0.1) is 11.8 Å². The summed E-state index contributed by atoms with van der Waals surface area (Å²) in [5, 5.41) is 0. The molecular formula is C13H24ClNO2. The lowest BCUT2D eigenvalue weighted by Gasteiger charge is -2.42. The number of hydrogen-bond donors (Lipinski definition) is 0. The number of carbonyl (C=O) groups is 1. The molecule has 0 bridgehead atoms. The maximum atomic E-state index is 11.9. The molecule has 0 radical (unpaired) electrons. The molecule has 100 valence electrons. The Morgan fingerprint density at radius 1 is 1.35 bits per heavy atom. The van der Waals surface area contributed by atoms with Crippen LogP contribution in [-0.4, -0.2) is 36.1 Å². The standard InChI is InChI=1S/C13H24ClNO2/c1-4-17-9-15(12(16)8-14)13-10(2)6-5-7-11(13)3/h10-11,13H,4-9H2,1-3H3/t10-,11-/m1/s1. The molecule has 0 aromatic carbocycles. The van der Waals surface area contributed by atoms with Crippen LogP contribution in [0.4, 0.5) is 0 Å². The summed E-state index contributed by atoms with van der Waals surface area (Å²) in [7, 11) is 0. The minimum absolute atomic E-state index is 0.00860. The second-order valence-corrected chi connectivity index (χ2v) is 5.26. The fourth-order valence-electron chi connectivity index (χ4n) is 2.87. The van der Waals surface area contributed by atoms with Gasteiger partial charge in [-0.25, -0.2) is 0 Å². The van der Waals surface area contributed by atoms with Crippen molar-refractivity contribution in [1.82, 2.24) is 4.90 Å². The van der Waals surface area contributed by atoms with Crippen LogP contribution in [0.1, 0.15) is 40.0 Å². The van der Waals surface area contributed by atoms with Gasteiger partial charge in [0, 0.05) is 12.6 Å². The first-order valence-electron chi connectivity index (χ1n) is 6.55. The molecule has 0 spiro atoms. The van der Waals surface area contributed by atoms with Crippen LogP contribution in [0.5, 0.6) is 0 Å². The highest BCUT2D eigenvalue weighted by Crippen LogP contribution is 2.32. The number of nitrogens with zero attached hydrogens (tertiary/aromatic N) is 1. The van der Waals surface area contributed by atoms with Gasteiger partial charge in [0.25, 0.3) is 0 Å². The maximum absolute atomic E-state index is 11.9. The number of amides is 1. The molecule has 0 aromatic heterocycles. The van der Waals surface area contributed by atoms with Crippen molar-refractivity contribution in [1.29, 1.82) is 0 Å². The van der Waals surface area contributed by atoms with Crippen molar-refractivity contribution < 1.29 is 9.53 Å². The summed E-state index contributed by atoms with van der Waals surface area (Å²) < 4.78 is 5.41. The van der Waals surface area contributed by atoms with Gasteiger partial charge < -0.3 is 9.64 Å². The molecule has 0 heterocycles. The SMILES string of the molecule is CCOCN(C(=O)CCl)C1[C@H](C)CCC[C@H]1C. The lowest BCUT2D eigenvalue weighted by atomic mass is 9.78. The van der Waals surface area contributed by atoms with Gasteiger partial charge in [-0.2, -0.15) is 0 Å². The van der Waals surface area contributed by atoms with E-state index in [1.165, 1.54) is 19.3 Å². The van der Waals surface area contributed by atoms with Gasteiger partial charge in [0.1, 0.15) is 12.6 Å². The normalized spacial score (nSPS) is 25.9. The van der Waals surface area contributed by atoms with Crippen molar-refractivity contribution in [3.8, 4) is 0 Å². The Morgan fingerprint density at radius 2 is 1.94 bits per heavy atom. The average Bonchev–Trinajstić information content (AvgIpc) is 2.32. The molecule has 1 aliphatic rings. The molecule has 0 aromatic rings. The van der Waals surface area contributed by atoms with Crippen LogP contribution in [-0.2, 0) is 9.53 Å². The van der Waals surface area contributed by atoms with E-state index in [-0.39, 0.29) is 17.8 Å².